The molecule has 1 atom stereocenters. The first kappa shape index (κ1) is 13.8. The van der Waals surface area contributed by atoms with E-state index in [1.807, 2.05) is 41.4 Å². The summed E-state index contributed by atoms with van der Waals surface area (Å²) in [5.41, 5.74) is 0.361. The minimum absolute atomic E-state index is 0.361. The summed E-state index contributed by atoms with van der Waals surface area (Å²) in [5.74, 6) is 0.737. The second-order valence-electron chi connectivity index (χ2n) is 5.23. The van der Waals surface area contributed by atoms with Gasteiger partial charge in [0.2, 0.25) is 0 Å². The van der Waals surface area contributed by atoms with E-state index in [0.29, 0.717) is 5.41 Å². The van der Waals surface area contributed by atoms with E-state index < -0.39 is 0 Å². The molecule has 0 spiro atoms. The van der Waals surface area contributed by atoms with Crippen LogP contribution in [-0.4, -0.2) is 0 Å². The van der Waals surface area contributed by atoms with Gasteiger partial charge in [0.25, 0.3) is 0 Å². The molecule has 0 saturated carbocycles. The Kier molecular flexibility index (Phi) is 4.18. The normalized spacial score (nSPS) is 14.4. The SMILES string of the molecule is CCC(C)c1ssc1-c1ssc1C(C)(C)CC. The lowest BCUT2D eigenvalue weighted by Crippen LogP contribution is -2.16. The molecule has 1 unspecified atom stereocenters. The van der Waals surface area contributed by atoms with Gasteiger partial charge in [0, 0.05) is 15.2 Å². The predicted molar refractivity (Wildman–Crippen MR) is 85.4 cm³/mol. The van der Waals surface area contributed by atoms with E-state index in [0.717, 1.165) is 5.92 Å². The number of rotatable bonds is 5. The lowest BCUT2D eigenvalue weighted by Gasteiger charge is -2.28. The molecule has 2 heterocycles. The highest BCUT2D eigenvalue weighted by Gasteiger charge is 2.30. The zero-order chi connectivity index (χ0) is 12.6. The third-order valence-electron chi connectivity index (χ3n) is 3.62. The van der Waals surface area contributed by atoms with Crippen LogP contribution in [0.3, 0.4) is 0 Å². The highest BCUT2D eigenvalue weighted by Crippen LogP contribution is 2.53. The molecule has 17 heavy (non-hydrogen) atoms. The molecule has 0 amide bonds. The maximum atomic E-state index is 2.37. The van der Waals surface area contributed by atoms with Crippen LogP contribution >= 0.6 is 41.4 Å². The summed E-state index contributed by atoms with van der Waals surface area (Å²) in [6.45, 7) is 11.7. The average molecular weight is 305 g/mol. The third kappa shape index (κ3) is 2.42. The van der Waals surface area contributed by atoms with Crippen LogP contribution in [-0.2, 0) is 5.41 Å². The van der Waals surface area contributed by atoms with Crippen LogP contribution in [0.5, 0.6) is 0 Å². The topological polar surface area (TPSA) is 0 Å². The van der Waals surface area contributed by atoms with Crippen LogP contribution in [0.1, 0.15) is 63.1 Å². The van der Waals surface area contributed by atoms with Crippen molar-refractivity contribution in [1.82, 2.24) is 0 Å². The van der Waals surface area contributed by atoms with Gasteiger partial charge < -0.3 is 0 Å². The van der Waals surface area contributed by atoms with Gasteiger partial charge in [-0.3, -0.25) is 0 Å². The van der Waals surface area contributed by atoms with E-state index in [2.05, 4.69) is 34.6 Å². The highest BCUT2D eigenvalue weighted by atomic mass is 32.9. The molecule has 4 heteroatoms. The van der Waals surface area contributed by atoms with Crippen molar-refractivity contribution in [2.75, 3.05) is 0 Å². The quantitative estimate of drug-likeness (QED) is 0.533. The predicted octanol–water partition coefficient (Wildman–Crippen LogP) is 6.80. The summed E-state index contributed by atoms with van der Waals surface area (Å²) in [7, 11) is 7.92. The molecular formula is C13H20S4. The van der Waals surface area contributed by atoms with Gasteiger partial charge in [0.05, 0.1) is 9.75 Å². The monoisotopic (exact) mass is 304 g/mol. The fraction of sp³-hybridized carbons (Fsp3) is 0.692. The van der Waals surface area contributed by atoms with Gasteiger partial charge in [-0.15, -0.1) is 0 Å². The first-order valence-corrected chi connectivity index (χ1v) is 10.5. The van der Waals surface area contributed by atoms with Crippen molar-refractivity contribution in [1.29, 1.82) is 0 Å². The van der Waals surface area contributed by atoms with Crippen molar-refractivity contribution in [3.8, 4) is 9.75 Å². The molecule has 0 aliphatic rings. The lowest BCUT2D eigenvalue weighted by atomic mass is 9.87. The molecule has 2 aromatic heterocycles. The summed E-state index contributed by atoms with van der Waals surface area (Å²) in [6, 6.07) is 0. The summed E-state index contributed by atoms with van der Waals surface area (Å²) in [6.07, 6.45) is 2.48. The Morgan fingerprint density at radius 2 is 1.65 bits per heavy atom. The molecule has 0 N–H and O–H groups in total. The largest absolute Gasteiger partial charge is 0.0827 e. The van der Waals surface area contributed by atoms with Crippen molar-refractivity contribution < 1.29 is 0 Å². The Morgan fingerprint density at radius 3 is 2.00 bits per heavy atom. The summed E-state index contributed by atoms with van der Waals surface area (Å²) in [4.78, 5) is 6.42. The Bertz CT molecular complexity index is 466. The molecule has 0 radical (unpaired) electrons. The Hall–Kier alpha value is 0.360. The van der Waals surface area contributed by atoms with Crippen LogP contribution in [0.2, 0.25) is 0 Å². The van der Waals surface area contributed by atoms with Gasteiger partial charge in [-0.05, 0) is 18.8 Å². The van der Waals surface area contributed by atoms with Gasteiger partial charge in [-0.1, -0.05) is 76.0 Å². The molecule has 0 nitrogen and oxygen atoms in total. The van der Waals surface area contributed by atoms with Crippen LogP contribution in [0, 0.1) is 0 Å². The third-order valence-corrected chi connectivity index (χ3v) is 9.59. The second-order valence-corrected chi connectivity index (χ2v) is 9.56. The average Bonchev–Trinajstić information content (AvgIpc) is 2.21. The summed E-state index contributed by atoms with van der Waals surface area (Å²) >= 11 is 0. The lowest BCUT2D eigenvalue weighted by molar-refractivity contribution is 0.518. The molecular weight excluding hydrogens is 284 g/mol. The molecule has 0 aliphatic heterocycles. The van der Waals surface area contributed by atoms with Crippen molar-refractivity contribution in [3.63, 3.8) is 0 Å². The van der Waals surface area contributed by atoms with E-state index in [4.69, 9.17) is 0 Å². The van der Waals surface area contributed by atoms with Crippen molar-refractivity contribution in [3.05, 3.63) is 9.75 Å². The van der Waals surface area contributed by atoms with E-state index in [-0.39, 0.29) is 0 Å². The fourth-order valence-electron chi connectivity index (χ4n) is 1.62. The van der Waals surface area contributed by atoms with E-state index >= 15 is 0 Å². The molecule has 2 rings (SSSR count). The Labute approximate surface area is 119 Å². The minimum atomic E-state index is 0.361. The van der Waals surface area contributed by atoms with E-state index in [1.54, 1.807) is 19.5 Å². The summed E-state index contributed by atoms with van der Waals surface area (Å²) < 4.78 is 0. The molecule has 2 aromatic rings. The van der Waals surface area contributed by atoms with Crippen LogP contribution in [0.4, 0.5) is 0 Å². The first-order chi connectivity index (χ1) is 8.01. The highest BCUT2D eigenvalue weighted by molar-refractivity contribution is 7.77. The Morgan fingerprint density at radius 1 is 1.00 bits per heavy atom. The smallest absolute Gasteiger partial charge is 0.0713 e. The summed E-state index contributed by atoms with van der Waals surface area (Å²) in [5, 5.41) is 0. The van der Waals surface area contributed by atoms with Gasteiger partial charge >= 0.3 is 0 Å². The van der Waals surface area contributed by atoms with Crippen molar-refractivity contribution >= 4 is 41.4 Å². The van der Waals surface area contributed by atoms with Gasteiger partial charge in [-0.25, -0.2) is 0 Å². The van der Waals surface area contributed by atoms with Crippen LogP contribution in [0.15, 0.2) is 0 Å². The van der Waals surface area contributed by atoms with Crippen LogP contribution < -0.4 is 0 Å². The fourth-order valence-corrected chi connectivity index (χ4v) is 7.78. The van der Waals surface area contributed by atoms with E-state index in [1.165, 1.54) is 12.8 Å². The Balaban J connectivity index is 2.27. The zero-order valence-electron chi connectivity index (χ0n) is 11.1. The standard InChI is InChI=1S/C13H20S4/c1-6-8(3)9-10(15-14-9)11-12(17-16-11)13(4,5)7-2/h8H,6-7H2,1-5H3. The number of hydrogen-bond donors (Lipinski definition) is 0. The minimum Gasteiger partial charge on any atom is -0.0827 e. The molecule has 0 fully saturated rings. The molecule has 0 saturated heterocycles. The molecule has 0 aliphatic carbocycles. The van der Waals surface area contributed by atoms with Crippen LogP contribution in [0.25, 0.3) is 9.75 Å². The zero-order valence-corrected chi connectivity index (χ0v) is 14.4. The first-order valence-electron chi connectivity index (χ1n) is 6.19. The maximum Gasteiger partial charge on any atom is 0.0713 e. The molecule has 0 bridgehead atoms. The van der Waals surface area contributed by atoms with Crippen molar-refractivity contribution in [2.24, 2.45) is 0 Å². The van der Waals surface area contributed by atoms with Gasteiger partial charge in [0.15, 0.2) is 0 Å². The maximum absolute atomic E-state index is 2.37. The second kappa shape index (κ2) is 5.16. The van der Waals surface area contributed by atoms with E-state index in [9.17, 15) is 0 Å². The molecule has 0 aromatic carbocycles. The van der Waals surface area contributed by atoms with Crippen molar-refractivity contribution in [2.45, 2.75) is 58.8 Å². The number of hydrogen-bond acceptors (Lipinski definition) is 4. The van der Waals surface area contributed by atoms with Gasteiger partial charge in [0.1, 0.15) is 0 Å². The molecule has 96 valence electrons. The van der Waals surface area contributed by atoms with Gasteiger partial charge in [-0.2, -0.15) is 0 Å².